The van der Waals surface area contributed by atoms with Crippen LogP contribution < -0.4 is 10.1 Å². The van der Waals surface area contributed by atoms with Gasteiger partial charge < -0.3 is 15.2 Å². The molecule has 6 nitrogen and oxygen atoms in total. The molecule has 0 bridgehead atoms. The first-order valence-electron chi connectivity index (χ1n) is 7.15. The van der Waals surface area contributed by atoms with E-state index in [9.17, 15) is 22.8 Å². The van der Waals surface area contributed by atoms with E-state index in [0.29, 0.717) is 0 Å². The van der Waals surface area contributed by atoms with Gasteiger partial charge in [-0.1, -0.05) is 6.07 Å². The van der Waals surface area contributed by atoms with E-state index in [0.717, 1.165) is 12.1 Å². The fourth-order valence-electron chi connectivity index (χ4n) is 1.79. The number of amides is 1. The highest BCUT2D eigenvalue weighted by molar-refractivity contribution is 5.78. The molecule has 0 radical (unpaired) electrons. The maximum Gasteiger partial charge on any atom is 0.416 e. The second kappa shape index (κ2) is 9.11. The van der Waals surface area contributed by atoms with Crippen molar-refractivity contribution in [2.24, 2.45) is 0 Å². The summed E-state index contributed by atoms with van der Waals surface area (Å²) < 4.78 is 42.8. The maximum atomic E-state index is 12.5. The first kappa shape index (κ1) is 19.8. The molecule has 0 heterocycles. The first-order valence-corrected chi connectivity index (χ1v) is 7.15. The van der Waals surface area contributed by atoms with Crippen LogP contribution in [0.2, 0.25) is 0 Å². The minimum absolute atomic E-state index is 0.0197. The van der Waals surface area contributed by atoms with E-state index in [1.54, 1.807) is 11.9 Å². The Kier molecular flexibility index (Phi) is 7.50. The van der Waals surface area contributed by atoms with Crippen LogP contribution in [-0.2, 0) is 15.8 Å². The highest BCUT2D eigenvalue weighted by Crippen LogP contribution is 2.31. The number of ether oxygens (including phenoxy) is 1. The van der Waals surface area contributed by atoms with E-state index in [1.807, 2.05) is 0 Å². The van der Waals surface area contributed by atoms with Crippen LogP contribution in [0, 0.1) is 0 Å². The Morgan fingerprint density at radius 3 is 2.67 bits per heavy atom. The van der Waals surface area contributed by atoms with Crippen LogP contribution >= 0.6 is 0 Å². The van der Waals surface area contributed by atoms with Gasteiger partial charge in [-0.05, 0) is 25.2 Å². The van der Waals surface area contributed by atoms with Crippen LogP contribution in [0.15, 0.2) is 24.3 Å². The number of alkyl halides is 3. The molecule has 0 aromatic heterocycles. The summed E-state index contributed by atoms with van der Waals surface area (Å²) in [5.41, 5.74) is -0.802. The third-order valence-corrected chi connectivity index (χ3v) is 2.98. The van der Waals surface area contributed by atoms with Crippen molar-refractivity contribution in [2.45, 2.75) is 12.6 Å². The van der Waals surface area contributed by atoms with Crippen LogP contribution in [0.1, 0.15) is 12.0 Å². The van der Waals surface area contributed by atoms with Crippen molar-refractivity contribution in [3.63, 3.8) is 0 Å². The van der Waals surface area contributed by atoms with E-state index in [2.05, 4.69) is 5.32 Å². The van der Waals surface area contributed by atoms with Gasteiger partial charge in [-0.2, -0.15) is 13.2 Å². The quantitative estimate of drug-likeness (QED) is 0.663. The third-order valence-electron chi connectivity index (χ3n) is 2.98. The Balaban J connectivity index is 2.28. The van der Waals surface area contributed by atoms with Crippen molar-refractivity contribution in [1.82, 2.24) is 10.2 Å². The zero-order valence-electron chi connectivity index (χ0n) is 13.1. The molecule has 0 saturated carbocycles. The van der Waals surface area contributed by atoms with Gasteiger partial charge in [0, 0.05) is 6.54 Å². The molecular weight excluding hydrogens is 329 g/mol. The van der Waals surface area contributed by atoms with Crippen molar-refractivity contribution in [3.8, 4) is 5.75 Å². The number of hydrogen-bond acceptors (Lipinski definition) is 4. The number of carbonyl (C=O) groups excluding carboxylic acids is 1. The monoisotopic (exact) mass is 348 g/mol. The van der Waals surface area contributed by atoms with Gasteiger partial charge in [0.25, 0.3) is 0 Å². The minimum Gasteiger partial charge on any atom is -0.492 e. The van der Waals surface area contributed by atoms with Crippen LogP contribution in [-0.4, -0.2) is 55.2 Å². The molecule has 0 spiro atoms. The van der Waals surface area contributed by atoms with Crippen molar-refractivity contribution in [2.75, 3.05) is 33.3 Å². The van der Waals surface area contributed by atoms with Gasteiger partial charge in [0.2, 0.25) is 5.91 Å². The molecule has 0 unspecified atom stereocenters. The predicted molar refractivity (Wildman–Crippen MR) is 79.7 cm³/mol. The number of benzene rings is 1. The topological polar surface area (TPSA) is 78.9 Å². The molecule has 0 fully saturated rings. The van der Waals surface area contributed by atoms with E-state index in [-0.39, 0.29) is 44.3 Å². The fourth-order valence-corrected chi connectivity index (χ4v) is 1.79. The molecule has 24 heavy (non-hydrogen) atoms. The van der Waals surface area contributed by atoms with E-state index in [1.165, 1.54) is 12.1 Å². The predicted octanol–water partition coefficient (Wildman–Crippen LogP) is 1.61. The van der Waals surface area contributed by atoms with Gasteiger partial charge in [-0.3, -0.25) is 14.5 Å². The number of likely N-dealkylation sites (N-methyl/N-ethyl adjacent to an activating group) is 1. The Morgan fingerprint density at radius 1 is 1.33 bits per heavy atom. The van der Waals surface area contributed by atoms with Crippen LogP contribution in [0.3, 0.4) is 0 Å². The molecule has 1 aromatic rings. The standard InChI is InChI=1S/C15H19F3N2O4/c1-20(7-5-14(22)23)10-13(21)19-6-8-24-12-4-2-3-11(9-12)15(16,17)18/h2-4,9H,5-8,10H2,1H3,(H,19,21)(H,22,23). The second-order valence-electron chi connectivity index (χ2n) is 5.11. The van der Waals surface area contributed by atoms with Gasteiger partial charge in [0.15, 0.2) is 0 Å². The van der Waals surface area contributed by atoms with E-state index < -0.39 is 17.7 Å². The number of carbonyl (C=O) groups is 2. The highest BCUT2D eigenvalue weighted by Gasteiger charge is 2.30. The summed E-state index contributed by atoms with van der Waals surface area (Å²) in [6, 6.07) is 4.48. The SMILES string of the molecule is CN(CCC(=O)O)CC(=O)NCCOc1cccc(C(F)(F)F)c1. The molecule has 1 rings (SSSR count). The number of nitrogens with one attached hydrogen (secondary N) is 1. The lowest BCUT2D eigenvalue weighted by Gasteiger charge is -2.15. The Morgan fingerprint density at radius 2 is 2.04 bits per heavy atom. The second-order valence-corrected chi connectivity index (χ2v) is 5.11. The number of hydrogen-bond donors (Lipinski definition) is 2. The lowest BCUT2D eigenvalue weighted by molar-refractivity contribution is -0.138. The summed E-state index contributed by atoms with van der Waals surface area (Å²) in [4.78, 5) is 23.6. The average Bonchev–Trinajstić information content (AvgIpc) is 2.49. The van der Waals surface area contributed by atoms with Crippen LogP contribution in [0.25, 0.3) is 0 Å². The summed E-state index contributed by atoms with van der Waals surface area (Å²) in [5, 5.41) is 11.1. The molecule has 1 aromatic carbocycles. The number of nitrogens with zero attached hydrogens (tertiary/aromatic N) is 1. The van der Waals surface area contributed by atoms with Gasteiger partial charge in [-0.25, -0.2) is 0 Å². The number of carboxylic acid groups (broad SMARTS) is 1. The Bertz CT molecular complexity index is 564. The van der Waals surface area contributed by atoms with Crippen LogP contribution in [0.4, 0.5) is 13.2 Å². The van der Waals surface area contributed by atoms with Crippen molar-refractivity contribution < 1.29 is 32.6 Å². The van der Waals surface area contributed by atoms with E-state index in [4.69, 9.17) is 9.84 Å². The molecule has 2 N–H and O–H groups in total. The molecule has 0 aliphatic heterocycles. The Labute approximate surface area is 137 Å². The summed E-state index contributed by atoms with van der Waals surface area (Å²) in [6.45, 7) is 0.411. The number of carboxylic acids is 1. The van der Waals surface area contributed by atoms with E-state index >= 15 is 0 Å². The molecule has 0 aliphatic carbocycles. The average molecular weight is 348 g/mol. The lowest BCUT2D eigenvalue weighted by Crippen LogP contribution is -2.37. The number of halogens is 3. The molecule has 9 heteroatoms. The third kappa shape index (κ3) is 7.82. The van der Waals surface area contributed by atoms with Gasteiger partial charge >= 0.3 is 12.1 Å². The van der Waals surface area contributed by atoms with Crippen molar-refractivity contribution in [3.05, 3.63) is 29.8 Å². The van der Waals surface area contributed by atoms with Gasteiger partial charge in [-0.15, -0.1) is 0 Å². The molecule has 0 aliphatic rings. The van der Waals surface area contributed by atoms with Crippen LogP contribution in [0.5, 0.6) is 5.75 Å². The summed E-state index contributed by atoms with van der Waals surface area (Å²) in [5.74, 6) is -1.20. The van der Waals surface area contributed by atoms with Crippen molar-refractivity contribution in [1.29, 1.82) is 0 Å². The highest BCUT2D eigenvalue weighted by atomic mass is 19.4. The summed E-state index contributed by atoms with van der Waals surface area (Å²) in [7, 11) is 1.61. The molecule has 134 valence electrons. The summed E-state index contributed by atoms with van der Waals surface area (Å²) in [6.07, 6.45) is -4.50. The lowest BCUT2D eigenvalue weighted by atomic mass is 10.2. The fraction of sp³-hybridized carbons (Fsp3) is 0.467. The number of aliphatic carboxylic acids is 1. The molecule has 0 saturated heterocycles. The molecule has 0 atom stereocenters. The zero-order valence-corrected chi connectivity index (χ0v) is 13.1. The van der Waals surface area contributed by atoms with Gasteiger partial charge in [0.1, 0.15) is 12.4 Å². The van der Waals surface area contributed by atoms with Gasteiger partial charge in [0.05, 0.1) is 25.1 Å². The first-order chi connectivity index (χ1) is 11.2. The number of rotatable bonds is 9. The normalized spacial score (nSPS) is 11.4. The largest absolute Gasteiger partial charge is 0.492 e. The summed E-state index contributed by atoms with van der Waals surface area (Å²) >= 11 is 0. The van der Waals surface area contributed by atoms with Crippen molar-refractivity contribution >= 4 is 11.9 Å². The minimum atomic E-state index is -4.44. The smallest absolute Gasteiger partial charge is 0.416 e. The molecule has 1 amide bonds. The Hall–Kier alpha value is -2.29. The maximum absolute atomic E-state index is 12.5. The zero-order chi connectivity index (χ0) is 18.2. The molecular formula is C15H19F3N2O4.